The summed E-state index contributed by atoms with van der Waals surface area (Å²) in [6, 6.07) is 7.12. The molecule has 0 radical (unpaired) electrons. The quantitative estimate of drug-likeness (QED) is 0.594. The molecule has 1 nitrogen and oxygen atoms in total. The second kappa shape index (κ2) is 3.18. The summed E-state index contributed by atoms with van der Waals surface area (Å²) in [6.45, 7) is 0. The Balaban J connectivity index is 2.34. The van der Waals surface area contributed by atoms with E-state index in [1.54, 1.807) is 6.07 Å². The van der Waals surface area contributed by atoms with E-state index in [0.29, 0.717) is 6.42 Å². The molecule has 0 fully saturated rings. The SMILES string of the molecule is N#CC1CCc2ccc(F)cc2C1. The average molecular weight is 175 g/mol. The van der Waals surface area contributed by atoms with Gasteiger partial charge in [-0.05, 0) is 42.5 Å². The predicted octanol–water partition coefficient (Wildman–Crippen LogP) is 2.45. The summed E-state index contributed by atoms with van der Waals surface area (Å²) in [5, 5.41) is 8.74. The Morgan fingerprint density at radius 2 is 2.23 bits per heavy atom. The monoisotopic (exact) mass is 175 g/mol. The van der Waals surface area contributed by atoms with Gasteiger partial charge in [0, 0.05) is 0 Å². The Hall–Kier alpha value is -1.36. The van der Waals surface area contributed by atoms with Crippen molar-refractivity contribution in [3.05, 3.63) is 35.1 Å². The largest absolute Gasteiger partial charge is 0.207 e. The summed E-state index contributed by atoms with van der Waals surface area (Å²) in [5.41, 5.74) is 2.21. The van der Waals surface area contributed by atoms with Gasteiger partial charge in [-0.1, -0.05) is 6.07 Å². The third-order valence-electron chi connectivity index (χ3n) is 2.58. The first-order valence-corrected chi connectivity index (χ1v) is 4.46. The summed E-state index contributed by atoms with van der Waals surface area (Å²) in [6.07, 6.45) is 2.53. The molecule has 13 heavy (non-hydrogen) atoms. The van der Waals surface area contributed by atoms with E-state index in [0.717, 1.165) is 18.4 Å². The third kappa shape index (κ3) is 1.55. The van der Waals surface area contributed by atoms with Crippen LogP contribution >= 0.6 is 0 Å². The topological polar surface area (TPSA) is 23.8 Å². The van der Waals surface area contributed by atoms with E-state index in [4.69, 9.17) is 5.26 Å². The average Bonchev–Trinajstić information content (AvgIpc) is 2.16. The number of benzene rings is 1. The van der Waals surface area contributed by atoms with E-state index < -0.39 is 0 Å². The number of nitrogens with zero attached hydrogens (tertiary/aromatic N) is 1. The Morgan fingerprint density at radius 3 is 3.00 bits per heavy atom. The van der Waals surface area contributed by atoms with Gasteiger partial charge in [0.05, 0.1) is 12.0 Å². The highest BCUT2D eigenvalue weighted by atomic mass is 19.1. The van der Waals surface area contributed by atoms with Crippen LogP contribution in [0.15, 0.2) is 18.2 Å². The van der Waals surface area contributed by atoms with Gasteiger partial charge < -0.3 is 0 Å². The van der Waals surface area contributed by atoms with E-state index in [-0.39, 0.29) is 11.7 Å². The Bertz CT molecular complexity index is 365. The summed E-state index contributed by atoms with van der Waals surface area (Å²) in [7, 11) is 0. The van der Waals surface area contributed by atoms with E-state index in [9.17, 15) is 4.39 Å². The van der Waals surface area contributed by atoms with Crippen molar-refractivity contribution in [1.82, 2.24) is 0 Å². The molecule has 0 aliphatic heterocycles. The molecular weight excluding hydrogens is 165 g/mol. The number of halogens is 1. The molecule has 66 valence electrons. The van der Waals surface area contributed by atoms with Gasteiger partial charge in [0.15, 0.2) is 0 Å². The van der Waals surface area contributed by atoms with Gasteiger partial charge in [0.1, 0.15) is 5.82 Å². The number of nitriles is 1. The van der Waals surface area contributed by atoms with Crippen molar-refractivity contribution in [2.24, 2.45) is 5.92 Å². The fraction of sp³-hybridized carbons (Fsp3) is 0.364. The van der Waals surface area contributed by atoms with Crippen molar-refractivity contribution in [1.29, 1.82) is 5.26 Å². The number of hydrogen-bond acceptors (Lipinski definition) is 1. The lowest BCUT2D eigenvalue weighted by molar-refractivity contribution is 0.555. The molecule has 0 saturated carbocycles. The lowest BCUT2D eigenvalue weighted by Gasteiger charge is -2.19. The van der Waals surface area contributed by atoms with E-state index >= 15 is 0 Å². The van der Waals surface area contributed by atoms with Gasteiger partial charge in [0.2, 0.25) is 0 Å². The van der Waals surface area contributed by atoms with E-state index in [1.807, 2.05) is 6.07 Å². The normalized spacial score (nSPS) is 20.5. The Labute approximate surface area is 76.8 Å². The van der Waals surface area contributed by atoms with Crippen LogP contribution in [-0.2, 0) is 12.8 Å². The van der Waals surface area contributed by atoms with Gasteiger partial charge in [-0.15, -0.1) is 0 Å². The molecule has 2 rings (SSSR count). The van der Waals surface area contributed by atoms with Crippen LogP contribution in [-0.4, -0.2) is 0 Å². The maximum absolute atomic E-state index is 12.8. The Kier molecular flexibility index (Phi) is 2.02. The Morgan fingerprint density at radius 1 is 1.38 bits per heavy atom. The minimum absolute atomic E-state index is 0.0781. The molecular formula is C11H10FN. The van der Waals surface area contributed by atoms with Crippen molar-refractivity contribution in [3.8, 4) is 6.07 Å². The first kappa shape index (κ1) is 8.25. The molecule has 1 atom stereocenters. The first-order chi connectivity index (χ1) is 6.29. The zero-order valence-corrected chi connectivity index (χ0v) is 7.26. The van der Waals surface area contributed by atoms with Crippen LogP contribution in [0.25, 0.3) is 0 Å². The molecule has 0 N–H and O–H groups in total. The predicted molar refractivity (Wildman–Crippen MR) is 47.5 cm³/mol. The molecule has 1 aromatic carbocycles. The second-order valence-corrected chi connectivity index (χ2v) is 3.48. The van der Waals surface area contributed by atoms with Crippen LogP contribution in [0.1, 0.15) is 17.5 Å². The molecule has 0 spiro atoms. The van der Waals surface area contributed by atoms with Crippen molar-refractivity contribution in [2.45, 2.75) is 19.3 Å². The molecule has 0 aromatic heterocycles. The van der Waals surface area contributed by atoms with Crippen molar-refractivity contribution < 1.29 is 4.39 Å². The molecule has 0 amide bonds. The van der Waals surface area contributed by atoms with Gasteiger partial charge in [-0.2, -0.15) is 5.26 Å². The van der Waals surface area contributed by atoms with Crippen LogP contribution in [0.5, 0.6) is 0 Å². The van der Waals surface area contributed by atoms with Crippen LogP contribution < -0.4 is 0 Å². The van der Waals surface area contributed by atoms with Crippen molar-refractivity contribution >= 4 is 0 Å². The number of hydrogen-bond donors (Lipinski definition) is 0. The minimum Gasteiger partial charge on any atom is -0.207 e. The minimum atomic E-state index is -0.197. The molecule has 0 bridgehead atoms. The summed E-state index contributed by atoms with van der Waals surface area (Å²) >= 11 is 0. The van der Waals surface area contributed by atoms with Crippen LogP contribution in [0.2, 0.25) is 0 Å². The zero-order valence-electron chi connectivity index (χ0n) is 7.26. The molecule has 1 unspecified atom stereocenters. The maximum atomic E-state index is 12.8. The van der Waals surface area contributed by atoms with Crippen molar-refractivity contribution in [3.63, 3.8) is 0 Å². The van der Waals surface area contributed by atoms with Crippen LogP contribution in [0, 0.1) is 23.1 Å². The lowest BCUT2D eigenvalue weighted by atomic mass is 9.85. The molecule has 0 saturated heterocycles. The third-order valence-corrected chi connectivity index (χ3v) is 2.58. The highest BCUT2D eigenvalue weighted by Gasteiger charge is 2.17. The van der Waals surface area contributed by atoms with Gasteiger partial charge >= 0.3 is 0 Å². The van der Waals surface area contributed by atoms with Gasteiger partial charge in [-0.25, -0.2) is 4.39 Å². The van der Waals surface area contributed by atoms with E-state index in [2.05, 4.69) is 6.07 Å². The number of rotatable bonds is 0. The maximum Gasteiger partial charge on any atom is 0.123 e. The number of fused-ring (bicyclic) bond motifs is 1. The molecule has 1 aromatic rings. The molecule has 0 heterocycles. The molecule has 1 aliphatic rings. The molecule has 1 aliphatic carbocycles. The fourth-order valence-electron chi connectivity index (χ4n) is 1.84. The van der Waals surface area contributed by atoms with Gasteiger partial charge in [0.25, 0.3) is 0 Å². The van der Waals surface area contributed by atoms with Crippen LogP contribution in [0.4, 0.5) is 4.39 Å². The smallest absolute Gasteiger partial charge is 0.123 e. The summed E-state index contributed by atoms with van der Waals surface area (Å²) in [5.74, 6) is -0.119. The van der Waals surface area contributed by atoms with Crippen molar-refractivity contribution in [2.75, 3.05) is 0 Å². The zero-order chi connectivity index (χ0) is 9.26. The molecule has 2 heteroatoms. The first-order valence-electron chi connectivity index (χ1n) is 4.46. The lowest BCUT2D eigenvalue weighted by Crippen LogP contribution is -2.12. The highest BCUT2D eigenvalue weighted by Crippen LogP contribution is 2.25. The summed E-state index contributed by atoms with van der Waals surface area (Å²) in [4.78, 5) is 0. The second-order valence-electron chi connectivity index (χ2n) is 3.48. The van der Waals surface area contributed by atoms with Gasteiger partial charge in [-0.3, -0.25) is 0 Å². The van der Waals surface area contributed by atoms with E-state index in [1.165, 1.54) is 11.6 Å². The summed E-state index contributed by atoms with van der Waals surface area (Å²) < 4.78 is 12.8. The number of aryl methyl sites for hydroxylation is 1. The highest BCUT2D eigenvalue weighted by molar-refractivity contribution is 5.31. The standard InChI is InChI=1S/C11H10FN/c12-11-4-3-9-2-1-8(7-13)5-10(9)6-11/h3-4,6,8H,1-2,5H2. The van der Waals surface area contributed by atoms with Crippen LogP contribution in [0.3, 0.4) is 0 Å². The fourth-order valence-corrected chi connectivity index (χ4v) is 1.84.